The number of hydrogen-bond donors (Lipinski definition) is 0. The fourth-order valence-electron chi connectivity index (χ4n) is 5.42. The van der Waals surface area contributed by atoms with Gasteiger partial charge in [0, 0.05) is 24.7 Å². The Kier molecular flexibility index (Phi) is 7.93. The monoisotopic (exact) mass is 564 g/mol. The minimum atomic E-state index is -1.95. The molecule has 0 saturated heterocycles. The van der Waals surface area contributed by atoms with Crippen molar-refractivity contribution < 1.29 is 28.1 Å². The van der Waals surface area contributed by atoms with Crippen molar-refractivity contribution in [2.24, 2.45) is 0 Å². The summed E-state index contributed by atoms with van der Waals surface area (Å²) in [5.74, 6) is -2.02. The second-order valence-corrected chi connectivity index (χ2v) is 20.5. The van der Waals surface area contributed by atoms with Gasteiger partial charge in [0.15, 0.2) is 22.4 Å². The summed E-state index contributed by atoms with van der Waals surface area (Å²) in [6.45, 7) is 11.4. The van der Waals surface area contributed by atoms with Crippen molar-refractivity contribution in [2.75, 3.05) is 13.6 Å². The number of carbonyl (C=O) groups excluding carboxylic acids is 5. The van der Waals surface area contributed by atoms with Crippen LogP contribution in [0, 0.1) is 0 Å². The number of unbranched alkanes of at least 4 members (excludes halogenated alkanes) is 1. The molecule has 0 saturated carbocycles. The van der Waals surface area contributed by atoms with Crippen LogP contribution in [0.3, 0.4) is 0 Å². The maximum Gasteiger partial charge on any atom is 0.261 e. The summed E-state index contributed by atoms with van der Waals surface area (Å²) in [5.41, 5.74) is 1.40. The molecule has 4 amide bonds. The van der Waals surface area contributed by atoms with E-state index in [2.05, 4.69) is 33.1 Å². The Morgan fingerprint density at radius 3 is 1.74 bits per heavy atom. The number of imide groups is 2. The van der Waals surface area contributed by atoms with E-state index >= 15 is 0 Å². The van der Waals surface area contributed by atoms with Crippen molar-refractivity contribution in [3.8, 4) is 0 Å². The third-order valence-electron chi connectivity index (χ3n) is 7.43. The Labute approximate surface area is 231 Å². The Morgan fingerprint density at radius 2 is 1.18 bits per heavy atom. The Balaban J connectivity index is 1.44. The van der Waals surface area contributed by atoms with Gasteiger partial charge in [-0.2, -0.15) is 0 Å². The molecule has 0 aromatic heterocycles. The predicted octanol–water partition coefficient (Wildman–Crippen LogP) is 5.36. The standard InChI is InChI=1S/C29H36N2O6Si2/c1-7-8-15-38(3,4)37-39(5,6)16-9-14-31-28(35)22-13-11-20(18-24(22)29(31)36)25(32)19-10-12-21-23(17-19)27(34)30(2)26(21)33/h10-13,17-18H,7-9,14-16H2,1-6H3. The third-order valence-corrected chi connectivity index (χ3v) is 15.0. The van der Waals surface area contributed by atoms with Gasteiger partial charge in [-0.15, -0.1) is 0 Å². The van der Waals surface area contributed by atoms with E-state index in [0.717, 1.165) is 23.4 Å². The number of amides is 4. The summed E-state index contributed by atoms with van der Waals surface area (Å²) in [6.07, 6.45) is 3.00. The molecule has 0 radical (unpaired) electrons. The van der Waals surface area contributed by atoms with Crippen molar-refractivity contribution in [3.63, 3.8) is 0 Å². The number of ketones is 1. The van der Waals surface area contributed by atoms with E-state index in [9.17, 15) is 24.0 Å². The number of benzene rings is 2. The summed E-state index contributed by atoms with van der Waals surface area (Å²) >= 11 is 0. The van der Waals surface area contributed by atoms with Crippen molar-refractivity contribution in [1.29, 1.82) is 0 Å². The molecule has 2 aliphatic heterocycles. The highest BCUT2D eigenvalue weighted by atomic mass is 28.4. The lowest BCUT2D eigenvalue weighted by Gasteiger charge is -2.34. The number of hydrogen-bond acceptors (Lipinski definition) is 6. The van der Waals surface area contributed by atoms with Gasteiger partial charge in [-0.3, -0.25) is 33.8 Å². The Bertz CT molecular complexity index is 1380. The van der Waals surface area contributed by atoms with E-state index in [-0.39, 0.29) is 39.3 Å². The molecule has 10 heteroatoms. The lowest BCUT2D eigenvalue weighted by Crippen LogP contribution is -2.44. The van der Waals surface area contributed by atoms with Gasteiger partial charge in [0.25, 0.3) is 23.6 Å². The van der Waals surface area contributed by atoms with Crippen LogP contribution in [0.15, 0.2) is 36.4 Å². The summed E-state index contributed by atoms with van der Waals surface area (Å²) in [4.78, 5) is 66.2. The molecule has 0 N–H and O–H groups in total. The Hall–Kier alpha value is -3.22. The molecule has 0 fully saturated rings. The summed E-state index contributed by atoms with van der Waals surface area (Å²) in [7, 11) is -2.29. The first-order chi connectivity index (χ1) is 18.3. The van der Waals surface area contributed by atoms with E-state index in [4.69, 9.17) is 4.12 Å². The minimum absolute atomic E-state index is 0.179. The van der Waals surface area contributed by atoms with Gasteiger partial charge in [-0.05, 0) is 69.0 Å². The third kappa shape index (κ3) is 5.73. The van der Waals surface area contributed by atoms with Crippen LogP contribution in [0.5, 0.6) is 0 Å². The van der Waals surface area contributed by atoms with Crippen LogP contribution in [0.2, 0.25) is 38.3 Å². The van der Waals surface area contributed by atoms with Gasteiger partial charge < -0.3 is 4.12 Å². The average molecular weight is 565 g/mol. The summed E-state index contributed by atoms with van der Waals surface area (Å²) in [5, 5.41) is 0. The smallest absolute Gasteiger partial charge is 0.261 e. The molecular weight excluding hydrogens is 528 g/mol. The van der Waals surface area contributed by atoms with E-state index in [1.165, 1.54) is 54.8 Å². The lowest BCUT2D eigenvalue weighted by atomic mass is 9.96. The van der Waals surface area contributed by atoms with Crippen LogP contribution < -0.4 is 0 Å². The van der Waals surface area contributed by atoms with E-state index in [1.54, 1.807) is 0 Å². The predicted molar refractivity (Wildman–Crippen MR) is 153 cm³/mol. The molecule has 39 heavy (non-hydrogen) atoms. The van der Waals surface area contributed by atoms with Gasteiger partial charge in [0.1, 0.15) is 0 Å². The largest absolute Gasteiger partial charge is 0.455 e. The SMILES string of the molecule is CCCC[Si](C)(C)O[Si](C)(C)CCCN1C(=O)c2ccc(C(=O)c3ccc4c(c3)C(=O)N(C)C4=O)cc2C1=O. The maximum absolute atomic E-state index is 13.2. The number of rotatable bonds is 11. The zero-order valence-electron chi connectivity index (χ0n) is 23.6. The van der Waals surface area contributed by atoms with Crippen LogP contribution in [-0.2, 0) is 4.12 Å². The van der Waals surface area contributed by atoms with Gasteiger partial charge >= 0.3 is 0 Å². The van der Waals surface area contributed by atoms with Gasteiger partial charge in [-0.1, -0.05) is 31.9 Å². The molecule has 2 heterocycles. The molecule has 0 atom stereocenters. The highest BCUT2D eigenvalue weighted by molar-refractivity contribution is 6.84. The normalized spacial score (nSPS) is 15.3. The highest BCUT2D eigenvalue weighted by Crippen LogP contribution is 2.29. The maximum atomic E-state index is 13.2. The van der Waals surface area contributed by atoms with Crippen LogP contribution >= 0.6 is 0 Å². The van der Waals surface area contributed by atoms with Crippen LogP contribution in [0.4, 0.5) is 0 Å². The molecule has 2 aromatic carbocycles. The molecule has 4 rings (SSSR count). The number of fused-ring (bicyclic) bond motifs is 2. The zero-order valence-corrected chi connectivity index (χ0v) is 25.6. The molecule has 0 spiro atoms. The van der Waals surface area contributed by atoms with Crippen molar-refractivity contribution in [2.45, 2.75) is 64.5 Å². The second-order valence-electron chi connectivity index (χ2n) is 11.6. The second kappa shape index (κ2) is 10.7. The zero-order chi connectivity index (χ0) is 28.7. The van der Waals surface area contributed by atoms with Crippen molar-refractivity contribution in [1.82, 2.24) is 9.80 Å². The highest BCUT2D eigenvalue weighted by Gasteiger charge is 2.38. The summed E-state index contributed by atoms with van der Waals surface area (Å²) in [6, 6.07) is 10.9. The van der Waals surface area contributed by atoms with Gasteiger partial charge in [0.05, 0.1) is 22.3 Å². The van der Waals surface area contributed by atoms with Crippen molar-refractivity contribution >= 4 is 46.0 Å². The molecule has 0 aliphatic carbocycles. The summed E-state index contributed by atoms with van der Waals surface area (Å²) < 4.78 is 6.65. The van der Waals surface area contributed by atoms with Crippen LogP contribution in [0.1, 0.15) is 83.5 Å². The van der Waals surface area contributed by atoms with Crippen molar-refractivity contribution in [3.05, 3.63) is 69.8 Å². The molecule has 206 valence electrons. The fourth-order valence-corrected chi connectivity index (χ4v) is 14.4. The topological polar surface area (TPSA) is 101 Å². The van der Waals surface area contributed by atoms with Crippen LogP contribution in [-0.4, -0.2) is 69.4 Å². The van der Waals surface area contributed by atoms with Gasteiger partial charge in [-0.25, -0.2) is 0 Å². The van der Waals surface area contributed by atoms with Gasteiger partial charge in [0.2, 0.25) is 0 Å². The van der Waals surface area contributed by atoms with E-state index < -0.39 is 40.1 Å². The molecule has 0 bridgehead atoms. The first-order valence-corrected chi connectivity index (χ1v) is 19.7. The van der Waals surface area contributed by atoms with E-state index in [1.807, 2.05) is 0 Å². The first kappa shape index (κ1) is 28.8. The first-order valence-electron chi connectivity index (χ1n) is 13.5. The molecular formula is C29H36N2O6Si2. The Morgan fingerprint density at radius 1 is 0.718 bits per heavy atom. The molecule has 2 aromatic rings. The molecule has 0 unspecified atom stereocenters. The van der Waals surface area contributed by atoms with Crippen LogP contribution in [0.25, 0.3) is 0 Å². The lowest BCUT2D eigenvalue weighted by molar-refractivity contribution is 0.0648. The molecule has 8 nitrogen and oxygen atoms in total. The average Bonchev–Trinajstić information content (AvgIpc) is 3.25. The van der Waals surface area contributed by atoms with E-state index in [0.29, 0.717) is 13.0 Å². The fraction of sp³-hybridized carbons (Fsp3) is 0.414. The number of carbonyl (C=O) groups is 5. The quantitative estimate of drug-likeness (QED) is 0.207. The molecule has 2 aliphatic rings. The number of nitrogens with zero attached hydrogens (tertiary/aromatic N) is 2. The minimum Gasteiger partial charge on any atom is -0.455 e.